The normalized spacial score (nSPS) is 11.5. The second kappa shape index (κ2) is 55.0. The van der Waals surface area contributed by atoms with Crippen LogP contribution in [0.2, 0.25) is 0 Å². The smallest absolute Gasteiger partial charge is 0.307 e. The van der Waals surface area contributed by atoms with Gasteiger partial charge in [0, 0.05) is 44.2 Å². The molecule has 0 amide bonds. The largest absolute Gasteiger partial charge is 0.466 e. The van der Waals surface area contributed by atoms with E-state index >= 15 is 0 Å². The van der Waals surface area contributed by atoms with Crippen LogP contribution in [-0.4, -0.2) is 98.8 Å². The highest BCUT2D eigenvalue weighted by Gasteiger charge is 2.13. The molecule has 0 radical (unpaired) electrons. The molecular formula is C56H110N2O6S2. The van der Waals surface area contributed by atoms with Gasteiger partial charge in [0.15, 0.2) is 0 Å². The number of hydrogen-bond donors (Lipinski definition) is 0. The fourth-order valence-electron chi connectivity index (χ4n) is 8.31. The Morgan fingerprint density at radius 1 is 0.318 bits per heavy atom. The molecule has 0 bridgehead atoms. The minimum Gasteiger partial charge on any atom is -0.466 e. The number of hydrogen-bond acceptors (Lipinski definition) is 10. The van der Waals surface area contributed by atoms with Crippen molar-refractivity contribution in [1.29, 1.82) is 0 Å². The standard InChI is InChI=1S/C56H110N2O6S2/c1-5-8-11-14-17-20-23-26-29-32-35-38-49-62-54(59)41-44-57(4)47-52-65-66-53-48-58(45-42-55(60)63-50-39-36-33-30-27-24-21-18-15-12-9-6-2)46-43-56(61)64-51-40-37-34-31-28-25-22-19-16-13-10-7-3/h5-53H2,1-4H3. The number of ether oxygens (including phenoxy) is 3. The first-order chi connectivity index (χ1) is 32.4. The van der Waals surface area contributed by atoms with Crippen LogP contribution in [0.5, 0.6) is 0 Å². The molecule has 0 aromatic carbocycles. The summed E-state index contributed by atoms with van der Waals surface area (Å²) in [7, 11) is 5.74. The molecule has 392 valence electrons. The lowest BCUT2D eigenvalue weighted by atomic mass is 10.1. The van der Waals surface area contributed by atoms with Crippen molar-refractivity contribution in [2.45, 2.75) is 271 Å². The van der Waals surface area contributed by atoms with Crippen LogP contribution in [0.3, 0.4) is 0 Å². The van der Waals surface area contributed by atoms with Crippen LogP contribution in [0.1, 0.15) is 271 Å². The van der Waals surface area contributed by atoms with Crippen LogP contribution in [0.25, 0.3) is 0 Å². The van der Waals surface area contributed by atoms with Gasteiger partial charge in [0.2, 0.25) is 0 Å². The van der Waals surface area contributed by atoms with E-state index in [1.165, 1.54) is 193 Å². The van der Waals surface area contributed by atoms with Gasteiger partial charge in [-0.05, 0) is 26.3 Å². The Kier molecular flexibility index (Phi) is 54.2. The van der Waals surface area contributed by atoms with Crippen LogP contribution < -0.4 is 0 Å². The molecule has 0 aromatic rings. The summed E-state index contributed by atoms with van der Waals surface area (Å²) in [5.41, 5.74) is 0. The predicted molar refractivity (Wildman–Crippen MR) is 289 cm³/mol. The summed E-state index contributed by atoms with van der Waals surface area (Å²) in [4.78, 5) is 42.1. The van der Waals surface area contributed by atoms with E-state index < -0.39 is 0 Å². The van der Waals surface area contributed by atoms with Crippen molar-refractivity contribution in [3.05, 3.63) is 0 Å². The average molecular weight is 972 g/mol. The highest BCUT2D eigenvalue weighted by atomic mass is 33.1. The first kappa shape index (κ1) is 65.0. The number of carbonyl (C=O) groups excluding carboxylic acids is 3. The van der Waals surface area contributed by atoms with Gasteiger partial charge in [-0.2, -0.15) is 0 Å². The van der Waals surface area contributed by atoms with Gasteiger partial charge in [-0.25, -0.2) is 0 Å². The van der Waals surface area contributed by atoms with E-state index in [9.17, 15) is 14.4 Å². The minimum absolute atomic E-state index is 0.0894. The fourth-order valence-corrected chi connectivity index (χ4v) is 10.4. The fraction of sp³-hybridized carbons (Fsp3) is 0.946. The van der Waals surface area contributed by atoms with Crippen LogP contribution in [0, 0.1) is 0 Å². The predicted octanol–water partition coefficient (Wildman–Crippen LogP) is 16.5. The van der Waals surface area contributed by atoms with Crippen molar-refractivity contribution in [3.8, 4) is 0 Å². The second-order valence-corrected chi connectivity index (χ2v) is 22.1. The van der Waals surface area contributed by atoms with E-state index in [0.717, 1.165) is 63.1 Å². The Morgan fingerprint density at radius 2 is 0.561 bits per heavy atom. The summed E-state index contributed by atoms with van der Waals surface area (Å²) in [6, 6.07) is 0. The summed E-state index contributed by atoms with van der Waals surface area (Å²) in [5, 5.41) is 0. The number of rotatable bonds is 55. The Hall–Kier alpha value is -0.970. The molecule has 0 aliphatic rings. The van der Waals surface area contributed by atoms with E-state index in [0.29, 0.717) is 58.7 Å². The van der Waals surface area contributed by atoms with Gasteiger partial charge in [0.05, 0.1) is 39.1 Å². The summed E-state index contributed by atoms with van der Waals surface area (Å²) in [5.74, 6) is 1.49. The van der Waals surface area contributed by atoms with Gasteiger partial charge in [0.25, 0.3) is 0 Å². The number of nitrogens with zero attached hydrogens (tertiary/aromatic N) is 2. The molecular weight excluding hydrogens is 861 g/mol. The molecule has 0 saturated heterocycles. The zero-order valence-corrected chi connectivity index (χ0v) is 45.9. The monoisotopic (exact) mass is 971 g/mol. The average Bonchev–Trinajstić information content (AvgIpc) is 3.31. The third-order valence-electron chi connectivity index (χ3n) is 12.9. The molecule has 0 aliphatic heterocycles. The maximum Gasteiger partial charge on any atom is 0.307 e. The quantitative estimate of drug-likeness (QED) is 0.0254. The van der Waals surface area contributed by atoms with Gasteiger partial charge in [-0.3, -0.25) is 14.4 Å². The number of carbonyl (C=O) groups is 3. The van der Waals surface area contributed by atoms with Crippen molar-refractivity contribution < 1.29 is 28.6 Å². The van der Waals surface area contributed by atoms with Crippen molar-refractivity contribution in [2.75, 3.05) is 71.1 Å². The second-order valence-electron chi connectivity index (χ2n) is 19.4. The molecule has 0 unspecified atom stereocenters. The van der Waals surface area contributed by atoms with E-state index in [1.54, 1.807) is 0 Å². The highest BCUT2D eigenvalue weighted by molar-refractivity contribution is 8.76. The summed E-state index contributed by atoms with van der Waals surface area (Å²) < 4.78 is 16.7. The summed E-state index contributed by atoms with van der Waals surface area (Å²) in [6.45, 7) is 12.0. The molecule has 0 aromatic heterocycles. The molecule has 0 N–H and O–H groups in total. The molecule has 0 spiro atoms. The summed E-state index contributed by atoms with van der Waals surface area (Å²) >= 11 is 0. The molecule has 0 fully saturated rings. The maximum absolute atomic E-state index is 12.7. The van der Waals surface area contributed by atoms with Crippen molar-refractivity contribution >= 4 is 39.5 Å². The van der Waals surface area contributed by atoms with Crippen LogP contribution in [-0.2, 0) is 28.6 Å². The van der Waals surface area contributed by atoms with E-state index in [-0.39, 0.29) is 17.9 Å². The third-order valence-corrected chi connectivity index (χ3v) is 15.2. The Balaban J connectivity index is 4.29. The molecule has 0 heterocycles. The molecule has 0 saturated carbocycles. The van der Waals surface area contributed by atoms with Crippen LogP contribution in [0.15, 0.2) is 0 Å². The Labute approximate surface area is 418 Å². The van der Waals surface area contributed by atoms with Crippen molar-refractivity contribution in [3.63, 3.8) is 0 Å². The zero-order valence-electron chi connectivity index (χ0n) is 44.3. The number of unbranched alkanes of at least 4 members (excludes halogenated alkanes) is 33. The first-order valence-electron chi connectivity index (χ1n) is 28.5. The maximum atomic E-state index is 12.7. The van der Waals surface area contributed by atoms with Gasteiger partial charge >= 0.3 is 17.9 Å². The van der Waals surface area contributed by atoms with Crippen molar-refractivity contribution in [2.24, 2.45) is 0 Å². The lowest BCUT2D eigenvalue weighted by Gasteiger charge is -2.21. The van der Waals surface area contributed by atoms with E-state index in [1.807, 2.05) is 21.6 Å². The van der Waals surface area contributed by atoms with Crippen LogP contribution >= 0.6 is 21.6 Å². The van der Waals surface area contributed by atoms with Gasteiger partial charge in [0.1, 0.15) is 0 Å². The first-order valence-corrected chi connectivity index (χ1v) is 31.0. The molecule has 10 heteroatoms. The topological polar surface area (TPSA) is 85.4 Å². The third kappa shape index (κ3) is 52.4. The molecule has 8 nitrogen and oxygen atoms in total. The van der Waals surface area contributed by atoms with E-state index in [4.69, 9.17) is 14.2 Å². The highest BCUT2D eigenvalue weighted by Crippen LogP contribution is 2.21. The zero-order chi connectivity index (χ0) is 48.1. The lowest BCUT2D eigenvalue weighted by molar-refractivity contribution is -0.145. The Morgan fingerprint density at radius 3 is 0.848 bits per heavy atom. The molecule has 66 heavy (non-hydrogen) atoms. The molecule has 0 atom stereocenters. The number of esters is 3. The minimum atomic E-state index is -0.143. The van der Waals surface area contributed by atoms with Crippen molar-refractivity contribution in [1.82, 2.24) is 9.80 Å². The Bertz CT molecular complexity index is 977. The van der Waals surface area contributed by atoms with Gasteiger partial charge in [-0.1, -0.05) is 254 Å². The van der Waals surface area contributed by atoms with E-state index in [2.05, 4.69) is 37.6 Å². The van der Waals surface area contributed by atoms with Gasteiger partial charge in [-0.15, -0.1) is 0 Å². The summed E-state index contributed by atoms with van der Waals surface area (Å²) in [6.07, 6.45) is 47.6. The van der Waals surface area contributed by atoms with Gasteiger partial charge < -0.3 is 24.0 Å². The van der Waals surface area contributed by atoms with Crippen LogP contribution in [0.4, 0.5) is 0 Å². The SMILES string of the molecule is CCCCCCCCCCCCCCOC(=O)CCN(C)CCSSCCN(CCC(=O)OCCCCCCCCCCCCCC)CCC(=O)OCCCCCCCCCCCCCC. The lowest BCUT2D eigenvalue weighted by Crippen LogP contribution is -2.31. The molecule has 0 aliphatic carbocycles. The molecule has 0 rings (SSSR count).